The molecule has 1 N–H and O–H groups in total. The van der Waals surface area contributed by atoms with E-state index in [0.29, 0.717) is 11.3 Å². The lowest BCUT2D eigenvalue weighted by Gasteiger charge is -2.13. The zero-order valence-corrected chi connectivity index (χ0v) is 16.2. The van der Waals surface area contributed by atoms with Crippen LogP contribution in [0.4, 0.5) is 9.18 Å². The zero-order valence-electron chi connectivity index (χ0n) is 14.6. The summed E-state index contributed by atoms with van der Waals surface area (Å²) in [5, 5.41) is 9.42. The number of hydrogen-bond acceptors (Lipinski definition) is 6. The first-order valence-corrected chi connectivity index (χ1v) is 9.28. The zero-order chi connectivity index (χ0) is 20.3. The second kappa shape index (κ2) is 8.53. The molecule has 0 radical (unpaired) electrons. The molecular weight excluding hydrogens is 409 g/mol. The van der Waals surface area contributed by atoms with E-state index in [4.69, 9.17) is 21.1 Å². The Bertz CT molecular complexity index is 948. The van der Waals surface area contributed by atoms with Crippen LogP contribution in [0.1, 0.15) is 5.56 Å². The van der Waals surface area contributed by atoms with E-state index in [2.05, 4.69) is 0 Å². The second-order valence-electron chi connectivity index (χ2n) is 5.69. The van der Waals surface area contributed by atoms with Crippen LogP contribution in [0.2, 0.25) is 5.02 Å². The van der Waals surface area contributed by atoms with Gasteiger partial charge in [0.05, 0.1) is 23.6 Å². The van der Waals surface area contributed by atoms with Gasteiger partial charge in [-0.25, -0.2) is 4.39 Å². The highest BCUT2D eigenvalue weighted by Gasteiger charge is 2.34. The first kappa shape index (κ1) is 20.0. The molecule has 0 saturated carbocycles. The molecule has 3 rings (SSSR count). The number of amides is 2. The van der Waals surface area contributed by atoms with Crippen molar-refractivity contribution >= 4 is 40.6 Å². The third-order valence-corrected chi connectivity index (χ3v) is 5.03. The summed E-state index contributed by atoms with van der Waals surface area (Å²) in [4.78, 5) is 25.9. The topological polar surface area (TPSA) is 76.1 Å². The van der Waals surface area contributed by atoms with Crippen molar-refractivity contribution in [2.75, 3.05) is 20.3 Å². The van der Waals surface area contributed by atoms with Gasteiger partial charge in [-0.15, -0.1) is 0 Å². The van der Waals surface area contributed by atoms with Crippen molar-refractivity contribution in [1.82, 2.24) is 4.90 Å². The van der Waals surface area contributed by atoms with Crippen LogP contribution in [-0.4, -0.2) is 41.4 Å². The largest absolute Gasteiger partial charge is 0.503 e. The summed E-state index contributed by atoms with van der Waals surface area (Å²) in [7, 11) is 1.38. The van der Waals surface area contributed by atoms with Crippen LogP contribution in [0.15, 0.2) is 41.3 Å². The maximum atomic E-state index is 12.9. The fourth-order valence-electron chi connectivity index (χ4n) is 2.46. The maximum Gasteiger partial charge on any atom is 0.293 e. The summed E-state index contributed by atoms with van der Waals surface area (Å²) in [6.45, 7) is 0.134. The SMILES string of the molecule is COc1cc(/C=C2\SC(=O)N(CCOc3ccc(F)cc3)C2=O)cc(Cl)c1O. The molecule has 2 aromatic rings. The fourth-order valence-corrected chi connectivity index (χ4v) is 3.55. The molecule has 1 aliphatic heterocycles. The van der Waals surface area contributed by atoms with Crippen molar-refractivity contribution in [2.45, 2.75) is 0 Å². The molecule has 1 saturated heterocycles. The summed E-state index contributed by atoms with van der Waals surface area (Å²) in [6.07, 6.45) is 1.50. The standard InChI is InChI=1S/C19H15ClFNO5S/c1-26-15-9-11(8-14(20)17(15)23)10-16-18(24)22(19(25)28-16)6-7-27-13-4-2-12(21)3-5-13/h2-5,8-10,23H,6-7H2,1H3/b16-10-. The van der Waals surface area contributed by atoms with E-state index < -0.39 is 11.1 Å². The molecule has 1 heterocycles. The molecule has 1 aliphatic rings. The van der Waals surface area contributed by atoms with Gasteiger partial charge in [0.25, 0.3) is 11.1 Å². The van der Waals surface area contributed by atoms with E-state index in [1.54, 1.807) is 0 Å². The highest BCUT2D eigenvalue weighted by molar-refractivity contribution is 8.18. The Morgan fingerprint density at radius 1 is 1.25 bits per heavy atom. The van der Waals surface area contributed by atoms with Gasteiger partial charge in [-0.2, -0.15) is 0 Å². The van der Waals surface area contributed by atoms with Crippen LogP contribution in [0.25, 0.3) is 6.08 Å². The Kier molecular flexibility index (Phi) is 6.11. The summed E-state index contributed by atoms with van der Waals surface area (Å²) >= 11 is 6.74. The van der Waals surface area contributed by atoms with Gasteiger partial charge in [-0.3, -0.25) is 14.5 Å². The Labute approximate surface area is 169 Å². The maximum absolute atomic E-state index is 12.9. The van der Waals surface area contributed by atoms with E-state index in [1.807, 2.05) is 0 Å². The van der Waals surface area contributed by atoms with Crippen molar-refractivity contribution in [1.29, 1.82) is 0 Å². The van der Waals surface area contributed by atoms with E-state index in [0.717, 1.165) is 16.7 Å². The van der Waals surface area contributed by atoms with Crippen molar-refractivity contribution in [2.24, 2.45) is 0 Å². The number of benzene rings is 2. The molecule has 2 aromatic carbocycles. The molecule has 0 atom stereocenters. The van der Waals surface area contributed by atoms with Gasteiger partial charge in [-0.1, -0.05) is 11.6 Å². The Morgan fingerprint density at radius 2 is 1.96 bits per heavy atom. The number of aromatic hydroxyl groups is 1. The highest BCUT2D eigenvalue weighted by Crippen LogP contribution is 2.37. The summed E-state index contributed by atoms with van der Waals surface area (Å²) in [6, 6.07) is 8.42. The number of ether oxygens (including phenoxy) is 2. The number of methoxy groups -OCH3 is 1. The van der Waals surface area contributed by atoms with Crippen LogP contribution >= 0.6 is 23.4 Å². The van der Waals surface area contributed by atoms with Crippen molar-refractivity contribution < 1.29 is 28.6 Å². The molecule has 6 nitrogen and oxygen atoms in total. The smallest absolute Gasteiger partial charge is 0.293 e. The molecule has 0 bridgehead atoms. The Morgan fingerprint density at radius 3 is 2.64 bits per heavy atom. The molecule has 0 aliphatic carbocycles. The number of carbonyl (C=O) groups excluding carboxylic acids is 2. The first-order valence-electron chi connectivity index (χ1n) is 8.09. The van der Waals surface area contributed by atoms with Crippen LogP contribution in [0.3, 0.4) is 0 Å². The summed E-state index contributed by atoms with van der Waals surface area (Å²) in [5.41, 5.74) is 0.507. The molecule has 2 amide bonds. The van der Waals surface area contributed by atoms with E-state index in [1.165, 1.54) is 49.6 Å². The molecular formula is C19H15ClFNO5S. The lowest BCUT2D eigenvalue weighted by molar-refractivity contribution is -0.123. The van der Waals surface area contributed by atoms with Crippen LogP contribution in [0.5, 0.6) is 17.2 Å². The number of imide groups is 1. The van der Waals surface area contributed by atoms with Gasteiger partial charge in [0.2, 0.25) is 0 Å². The molecule has 9 heteroatoms. The van der Waals surface area contributed by atoms with Gasteiger partial charge in [0, 0.05) is 0 Å². The number of nitrogens with zero attached hydrogens (tertiary/aromatic N) is 1. The number of rotatable bonds is 6. The number of thioether (sulfide) groups is 1. The minimum absolute atomic E-state index is 0.0546. The van der Waals surface area contributed by atoms with E-state index >= 15 is 0 Å². The predicted molar refractivity (Wildman–Crippen MR) is 104 cm³/mol. The normalized spacial score (nSPS) is 15.4. The molecule has 28 heavy (non-hydrogen) atoms. The average molecular weight is 424 g/mol. The number of halogens is 2. The number of carbonyl (C=O) groups is 2. The quantitative estimate of drug-likeness (QED) is 0.698. The van der Waals surface area contributed by atoms with Crippen molar-refractivity contribution in [3.63, 3.8) is 0 Å². The van der Waals surface area contributed by atoms with Crippen LogP contribution in [-0.2, 0) is 4.79 Å². The predicted octanol–water partition coefficient (Wildman–Crippen LogP) is 4.31. The Balaban J connectivity index is 1.68. The monoisotopic (exact) mass is 423 g/mol. The molecule has 1 fully saturated rings. The number of phenolic OH excluding ortho intramolecular Hbond substituents is 1. The minimum Gasteiger partial charge on any atom is -0.503 e. The van der Waals surface area contributed by atoms with Crippen molar-refractivity contribution in [3.05, 3.63) is 57.7 Å². The molecule has 0 aromatic heterocycles. The Hall–Kier alpha value is -2.71. The fraction of sp³-hybridized carbons (Fsp3) is 0.158. The first-order chi connectivity index (χ1) is 13.4. The van der Waals surface area contributed by atoms with E-state index in [-0.39, 0.29) is 40.4 Å². The van der Waals surface area contributed by atoms with Crippen molar-refractivity contribution in [3.8, 4) is 17.2 Å². The van der Waals surface area contributed by atoms with Crippen LogP contribution < -0.4 is 9.47 Å². The molecule has 0 spiro atoms. The highest BCUT2D eigenvalue weighted by atomic mass is 35.5. The average Bonchev–Trinajstić information content (AvgIpc) is 2.93. The van der Waals surface area contributed by atoms with E-state index in [9.17, 15) is 19.1 Å². The number of hydrogen-bond donors (Lipinski definition) is 1. The second-order valence-corrected chi connectivity index (χ2v) is 7.09. The van der Waals surface area contributed by atoms with Gasteiger partial charge in [-0.05, 0) is 59.8 Å². The third-order valence-electron chi connectivity index (χ3n) is 3.84. The van der Waals surface area contributed by atoms with Gasteiger partial charge in [0.1, 0.15) is 18.2 Å². The van der Waals surface area contributed by atoms with Gasteiger partial charge in [0.15, 0.2) is 11.5 Å². The molecule has 146 valence electrons. The summed E-state index contributed by atoms with van der Waals surface area (Å²) in [5.74, 6) is -0.442. The molecule has 0 unspecified atom stereocenters. The number of phenols is 1. The third kappa shape index (κ3) is 4.40. The lowest BCUT2D eigenvalue weighted by Crippen LogP contribution is -2.32. The van der Waals surface area contributed by atoms with Gasteiger partial charge >= 0.3 is 0 Å². The minimum atomic E-state index is -0.458. The summed E-state index contributed by atoms with van der Waals surface area (Å²) < 4.78 is 23.3. The van der Waals surface area contributed by atoms with Crippen LogP contribution in [0, 0.1) is 5.82 Å². The van der Waals surface area contributed by atoms with Gasteiger partial charge < -0.3 is 14.6 Å². The lowest BCUT2D eigenvalue weighted by atomic mass is 10.2.